The summed E-state index contributed by atoms with van der Waals surface area (Å²) in [6.45, 7) is 2.82. The number of hydrogen-bond donors (Lipinski definition) is 1. The Morgan fingerprint density at radius 2 is 1.69 bits per heavy atom. The highest BCUT2D eigenvalue weighted by molar-refractivity contribution is 6.62. The van der Waals surface area contributed by atoms with Crippen LogP contribution in [0.15, 0.2) is 24.3 Å². The van der Waals surface area contributed by atoms with Crippen LogP contribution in [-0.4, -0.2) is 41.6 Å². The molecule has 0 radical (unpaired) electrons. The molecule has 1 fully saturated rings. The number of amides is 1. The Hall–Kier alpha value is -1.42. The van der Waals surface area contributed by atoms with Gasteiger partial charge in [0.05, 0.1) is 0 Å². The zero-order valence-corrected chi connectivity index (χ0v) is 9.52. The smallest absolute Gasteiger partial charge is 0.316 e. The first-order chi connectivity index (χ1) is 7.66. The Kier molecular flexibility index (Phi) is 3.19. The van der Waals surface area contributed by atoms with E-state index >= 15 is 0 Å². The number of carbonyl (C=O) groups is 1. The van der Waals surface area contributed by atoms with Crippen LogP contribution in [0.2, 0.25) is 0 Å². The van der Waals surface area contributed by atoms with Gasteiger partial charge in [0.2, 0.25) is 0 Å². The fourth-order valence-electron chi connectivity index (χ4n) is 1.80. The first kappa shape index (κ1) is 11.1. The standard InChI is InChI=1S/C11H13ClN2O2/c12-11(16)14-7-5-13(6-8-14)9-1-3-10(15)4-2-9/h1-4,15H,5-8H2. The van der Waals surface area contributed by atoms with E-state index < -0.39 is 0 Å². The van der Waals surface area contributed by atoms with Crippen LogP contribution in [0.25, 0.3) is 0 Å². The van der Waals surface area contributed by atoms with E-state index in [2.05, 4.69) is 4.90 Å². The first-order valence-electron chi connectivity index (χ1n) is 5.15. The second-order valence-corrected chi connectivity index (χ2v) is 4.07. The number of nitrogens with zero attached hydrogens (tertiary/aromatic N) is 2. The second-order valence-electron chi connectivity index (χ2n) is 3.74. The minimum Gasteiger partial charge on any atom is -0.508 e. The topological polar surface area (TPSA) is 43.8 Å². The maximum Gasteiger partial charge on any atom is 0.316 e. The summed E-state index contributed by atoms with van der Waals surface area (Å²) in [6.07, 6.45) is 0. The Morgan fingerprint density at radius 1 is 1.12 bits per heavy atom. The molecule has 0 bridgehead atoms. The highest BCUT2D eigenvalue weighted by atomic mass is 35.5. The quantitative estimate of drug-likeness (QED) is 0.602. The minimum absolute atomic E-state index is 0.262. The minimum atomic E-state index is -0.384. The van der Waals surface area contributed by atoms with Gasteiger partial charge in [0.15, 0.2) is 0 Å². The molecule has 16 heavy (non-hydrogen) atoms. The lowest BCUT2D eigenvalue weighted by molar-refractivity contribution is 0.218. The second kappa shape index (κ2) is 4.61. The molecule has 1 amide bonds. The summed E-state index contributed by atoms with van der Waals surface area (Å²) < 4.78 is 0. The number of hydrogen-bond acceptors (Lipinski definition) is 3. The van der Waals surface area contributed by atoms with Gasteiger partial charge in [-0.25, -0.2) is 0 Å². The summed E-state index contributed by atoms with van der Waals surface area (Å²) in [6, 6.07) is 7.06. The van der Waals surface area contributed by atoms with Crippen LogP contribution in [0, 0.1) is 0 Å². The zero-order valence-electron chi connectivity index (χ0n) is 8.77. The lowest BCUT2D eigenvalue weighted by Gasteiger charge is -2.34. The molecule has 86 valence electrons. The Morgan fingerprint density at radius 3 is 2.19 bits per heavy atom. The Bertz CT molecular complexity index is 372. The molecular formula is C11H13ClN2O2. The normalized spacial score (nSPS) is 16.3. The Labute approximate surface area is 99.0 Å². The van der Waals surface area contributed by atoms with Gasteiger partial charge < -0.3 is 14.9 Å². The van der Waals surface area contributed by atoms with Crippen LogP contribution in [0.1, 0.15) is 0 Å². The van der Waals surface area contributed by atoms with Crippen molar-refractivity contribution < 1.29 is 9.90 Å². The number of benzene rings is 1. The summed E-state index contributed by atoms with van der Waals surface area (Å²) in [5, 5.41) is 8.80. The van der Waals surface area contributed by atoms with Gasteiger partial charge in [0.1, 0.15) is 5.75 Å². The third kappa shape index (κ3) is 2.39. The van der Waals surface area contributed by atoms with Gasteiger partial charge in [-0.15, -0.1) is 0 Å². The molecule has 4 nitrogen and oxygen atoms in total. The summed E-state index contributed by atoms with van der Waals surface area (Å²) in [5.41, 5.74) is 1.06. The van der Waals surface area contributed by atoms with Gasteiger partial charge in [-0.1, -0.05) is 0 Å². The van der Waals surface area contributed by atoms with Gasteiger partial charge in [-0.3, -0.25) is 4.79 Å². The van der Waals surface area contributed by atoms with Crippen LogP contribution in [0.3, 0.4) is 0 Å². The van der Waals surface area contributed by atoms with E-state index in [-0.39, 0.29) is 11.1 Å². The number of aromatic hydroxyl groups is 1. The highest BCUT2D eigenvalue weighted by Gasteiger charge is 2.19. The van der Waals surface area contributed by atoms with Gasteiger partial charge in [0, 0.05) is 31.9 Å². The average Bonchev–Trinajstić information content (AvgIpc) is 2.30. The summed E-state index contributed by atoms with van der Waals surface area (Å²) in [5.74, 6) is 0.262. The molecule has 0 spiro atoms. The molecule has 1 aromatic rings. The summed E-state index contributed by atoms with van der Waals surface area (Å²) in [7, 11) is 0. The molecule has 0 saturated carbocycles. The summed E-state index contributed by atoms with van der Waals surface area (Å²) >= 11 is 5.41. The monoisotopic (exact) mass is 240 g/mol. The molecule has 2 rings (SSSR count). The molecule has 1 N–H and O–H groups in total. The maximum atomic E-state index is 10.9. The molecule has 0 atom stereocenters. The fraction of sp³-hybridized carbons (Fsp3) is 0.364. The number of anilines is 1. The highest BCUT2D eigenvalue weighted by Crippen LogP contribution is 2.19. The first-order valence-corrected chi connectivity index (χ1v) is 5.53. The predicted octanol–water partition coefficient (Wildman–Crippen LogP) is 1.87. The summed E-state index contributed by atoms with van der Waals surface area (Å²) in [4.78, 5) is 14.7. The number of carbonyl (C=O) groups excluding carboxylic acids is 1. The van der Waals surface area contributed by atoms with E-state index in [0.717, 1.165) is 18.8 Å². The molecular weight excluding hydrogens is 228 g/mol. The van der Waals surface area contributed by atoms with Crippen molar-refractivity contribution >= 4 is 22.7 Å². The van der Waals surface area contributed by atoms with Crippen molar-refractivity contribution in [3.8, 4) is 5.75 Å². The van der Waals surface area contributed by atoms with Crippen LogP contribution >= 0.6 is 11.6 Å². The van der Waals surface area contributed by atoms with Gasteiger partial charge in [-0.2, -0.15) is 0 Å². The van der Waals surface area contributed by atoms with Crippen molar-refractivity contribution in [1.29, 1.82) is 0 Å². The number of phenolic OH excluding ortho intramolecular Hbond substituents is 1. The number of phenols is 1. The predicted molar refractivity (Wildman–Crippen MR) is 63.1 cm³/mol. The van der Waals surface area contributed by atoms with Crippen molar-refractivity contribution in [2.75, 3.05) is 31.1 Å². The van der Waals surface area contributed by atoms with E-state index in [9.17, 15) is 9.90 Å². The maximum absolute atomic E-state index is 10.9. The SMILES string of the molecule is O=C(Cl)N1CCN(c2ccc(O)cc2)CC1. The molecule has 1 saturated heterocycles. The lowest BCUT2D eigenvalue weighted by Crippen LogP contribution is -2.47. The molecule has 1 aliphatic rings. The van der Waals surface area contributed by atoms with Crippen LogP contribution in [0.4, 0.5) is 10.5 Å². The number of halogens is 1. The van der Waals surface area contributed by atoms with Crippen LogP contribution < -0.4 is 4.90 Å². The van der Waals surface area contributed by atoms with Gasteiger partial charge >= 0.3 is 5.37 Å². The lowest BCUT2D eigenvalue weighted by atomic mass is 10.2. The van der Waals surface area contributed by atoms with Crippen molar-refractivity contribution in [3.63, 3.8) is 0 Å². The van der Waals surface area contributed by atoms with Crippen molar-refractivity contribution in [3.05, 3.63) is 24.3 Å². The molecule has 5 heteroatoms. The number of rotatable bonds is 1. The van der Waals surface area contributed by atoms with Crippen LogP contribution in [-0.2, 0) is 0 Å². The van der Waals surface area contributed by atoms with Gasteiger partial charge in [-0.05, 0) is 35.9 Å². The zero-order chi connectivity index (χ0) is 11.5. The van der Waals surface area contributed by atoms with E-state index in [1.165, 1.54) is 0 Å². The van der Waals surface area contributed by atoms with Crippen molar-refractivity contribution in [2.45, 2.75) is 0 Å². The molecule has 0 aromatic heterocycles. The van der Waals surface area contributed by atoms with Gasteiger partial charge in [0.25, 0.3) is 0 Å². The van der Waals surface area contributed by atoms with Crippen molar-refractivity contribution in [1.82, 2.24) is 4.90 Å². The largest absolute Gasteiger partial charge is 0.508 e. The van der Waals surface area contributed by atoms with E-state index in [1.54, 1.807) is 17.0 Å². The van der Waals surface area contributed by atoms with Crippen molar-refractivity contribution in [2.24, 2.45) is 0 Å². The molecule has 0 aliphatic carbocycles. The van der Waals surface area contributed by atoms with E-state index in [0.29, 0.717) is 13.1 Å². The number of piperazine rings is 1. The third-order valence-corrected chi connectivity index (χ3v) is 2.98. The third-order valence-electron chi connectivity index (χ3n) is 2.74. The fourth-order valence-corrected chi connectivity index (χ4v) is 1.97. The van der Waals surface area contributed by atoms with E-state index in [1.807, 2.05) is 12.1 Å². The molecule has 1 aromatic carbocycles. The molecule has 1 aliphatic heterocycles. The Balaban J connectivity index is 1.99. The molecule has 0 unspecified atom stereocenters. The average molecular weight is 241 g/mol. The molecule has 1 heterocycles. The van der Waals surface area contributed by atoms with E-state index in [4.69, 9.17) is 11.6 Å². The van der Waals surface area contributed by atoms with Crippen LogP contribution in [0.5, 0.6) is 5.75 Å².